The highest BCUT2D eigenvalue weighted by molar-refractivity contribution is 6.31. The van der Waals surface area contributed by atoms with E-state index in [2.05, 4.69) is 9.72 Å². The standard InChI is InChI=1S/C13H10ClF3N2O2/c14-10-5-6-12(18)19-11(10)7-20-8-1-3-9(4-2-8)21-13(15,16)17/h1-6H,7H2,(H2,18,19). The maximum atomic E-state index is 12.0. The van der Waals surface area contributed by atoms with Gasteiger partial charge in [-0.25, -0.2) is 4.98 Å². The number of aromatic nitrogens is 1. The largest absolute Gasteiger partial charge is 0.573 e. The van der Waals surface area contributed by atoms with Gasteiger partial charge in [0.15, 0.2) is 0 Å². The Bertz CT molecular complexity index is 618. The number of hydrogen-bond acceptors (Lipinski definition) is 4. The second kappa shape index (κ2) is 6.09. The number of anilines is 1. The van der Waals surface area contributed by atoms with Gasteiger partial charge in [0.25, 0.3) is 0 Å². The van der Waals surface area contributed by atoms with Crippen molar-refractivity contribution in [1.29, 1.82) is 0 Å². The number of halogens is 4. The maximum Gasteiger partial charge on any atom is 0.573 e. The minimum atomic E-state index is -4.72. The van der Waals surface area contributed by atoms with Crippen molar-refractivity contribution in [3.63, 3.8) is 0 Å². The Morgan fingerprint density at radius 1 is 1.05 bits per heavy atom. The van der Waals surface area contributed by atoms with Crippen molar-refractivity contribution in [2.45, 2.75) is 13.0 Å². The number of ether oxygens (including phenoxy) is 2. The van der Waals surface area contributed by atoms with Crippen molar-refractivity contribution in [1.82, 2.24) is 4.98 Å². The molecule has 0 radical (unpaired) electrons. The summed E-state index contributed by atoms with van der Waals surface area (Å²) in [7, 11) is 0. The second-order valence-corrected chi connectivity index (χ2v) is 4.38. The van der Waals surface area contributed by atoms with E-state index in [9.17, 15) is 13.2 Å². The van der Waals surface area contributed by atoms with Crippen LogP contribution in [0.3, 0.4) is 0 Å². The average molecular weight is 319 g/mol. The Morgan fingerprint density at radius 3 is 2.29 bits per heavy atom. The first kappa shape index (κ1) is 15.2. The van der Waals surface area contributed by atoms with Crippen LogP contribution in [0, 0.1) is 0 Å². The van der Waals surface area contributed by atoms with Crippen molar-refractivity contribution in [3.05, 3.63) is 47.1 Å². The first-order valence-electron chi connectivity index (χ1n) is 5.73. The summed E-state index contributed by atoms with van der Waals surface area (Å²) in [6.07, 6.45) is -4.72. The van der Waals surface area contributed by atoms with Gasteiger partial charge >= 0.3 is 6.36 Å². The highest BCUT2D eigenvalue weighted by Gasteiger charge is 2.30. The van der Waals surface area contributed by atoms with E-state index < -0.39 is 6.36 Å². The van der Waals surface area contributed by atoms with Crippen LogP contribution in [-0.2, 0) is 6.61 Å². The van der Waals surface area contributed by atoms with E-state index in [4.69, 9.17) is 22.1 Å². The summed E-state index contributed by atoms with van der Waals surface area (Å²) in [5, 5.41) is 0.390. The van der Waals surface area contributed by atoms with Crippen LogP contribution < -0.4 is 15.2 Å². The molecule has 1 heterocycles. The number of hydrogen-bond donors (Lipinski definition) is 1. The van der Waals surface area contributed by atoms with Gasteiger partial charge in [-0.05, 0) is 36.4 Å². The monoisotopic (exact) mass is 318 g/mol. The lowest BCUT2D eigenvalue weighted by atomic mass is 10.3. The van der Waals surface area contributed by atoms with Gasteiger partial charge in [0.05, 0.1) is 10.7 Å². The molecule has 21 heavy (non-hydrogen) atoms. The van der Waals surface area contributed by atoms with Gasteiger partial charge in [-0.3, -0.25) is 0 Å². The predicted octanol–water partition coefficient (Wildman–Crippen LogP) is 3.79. The summed E-state index contributed by atoms with van der Waals surface area (Å²) >= 11 is 5.92. The summed E-state index contributed by atoms with van der Waals surface area (Å²) in [6, 6.07) is 8.13. The maximum absolute atomic E-state index is 12.0. The first-order chi connectivity index (χ1) is 9.83. The van der Waals surface area contributed by atoms with Crippen molar-refractivity contribution >= 4 is 17.4 Å². The van der Waals surface area contributed by atoms with Crippen molar-refractivity contribution in [2.75, 3.05) is 5.73 Å². The molecular formula is C13H10ClF3N2O2. The fraction of sp³-hybridized carbons (Fsp3) is 0.154. The molecular weight excluding hydrogens is 309 g/mol. The molecule has 1 aromatic carbocycles. The van der Waals surface area contributed by atoms with Crippen molar-refractivity contribution in [3.8, 4) is 11.5 Å². The third-order valence-electron chi connectivity index (χ3n) is 2.37. The van der Waals surface area contributed by atoms with Crippen LogP contribution in [0.4, 0.5) is 19.0 Å². The lowest BCUT2D eigenvalue weighted by Crippen LogP contribution is -2.16. The Morgan fingerprint density at radius 2 is 1.67 bits per heavy atom. The predicted molar refractivity (Wildman–Crippen MR) is 71.1 cm³/mol. The zero-order chi connectivity index (χ0) is 15.5. The average Bonchev–Trinajstić information content (AvgIpc) is 2.40. The minimum Gasteiger partial charge on any atom is -0.487 e. The van der Waals surface area contributed by atoms with E-state index in [1.807, 2.05) is 0 Å². The lowest BCUT2D eigenvalue weighted by Gasteiger charge is -2.10. The van der Waals surface area contributed by atoms with E-state index in [1.54, 1.807) is 12.1 Å². The summed E-state index contributed by atoms with van der Waals surface area (Å²) in [5.41, 5.74) is 5.96. The zero-order valence-corrected chi connectivity index (χ0v) is 11.3. The highest BCUT2D eigenvalue weighted by Crippen LogP contribution is 2.25. The molecule has 4 nitrogen and oxygen atoms in total. The van der Waals surface area contributed by atoms with Gasteiger partial charge in [0, 0.05) is 0 Å². The summed E-state index contributed by atoms with van der Waals surface area (Å²) in [4.78, 5) is 4.00. The molecule has 8 heteroatoms. The number of nitrogen functional groups attached to an aromatic ring is 1. The Kier molecular flexibility index (Phi) is 4.42. The molecule has 0 spiro atoms. The van der Waals surface area contributed by atoms with Crippen LogP contribution >= 0.6 is 11.6 Å². The number of nitrogens with zero attached hydrogens (tertiary/aromatic N) is 1. The molecule has 0 amide bonds. The molecule has 0 saturated carbocycles. The van der Waals surface area contributed by atoms with Crippen LogP contribution in [0.15, 0.2) is 36.4 Å². The molecule has 0 unspecified atom stereocenters. The van der Waals surface area contributed by atoms with Gasteiger partial charge in [-0.15, -0.1) is 13.2 Å². The molecule has 2 aromatic rings. The summed E-state index contributed by atoms with van der Waals surface area (Å²) in [6.45, 7) is 0.0450. The molecule has 112 valence electrons. The van der Waals surface area contributed by atoms with Crippen LogP contribution in [0.25, 0.3) is 0 Å². The fourth-order valence-corrected chi connectivity index (χ4v) is 1.65. The molecule has 1 aromatic heterocycles. The number of alkyl halides is 3. The van der Waals surface area contributed by atoms with E-state index in [1.165, 1.54) is 12.1 Å². The van der Waals surface area contributed by atoms with Gasteiger partial charge in [-0.1, -0.05) is 11.6 Å². The molecule has 0 atom stereocenters. The third-order valence-corrected chi connectivity index (χ3v) is 2.72. The first-order valence-corrected chi connectivity index (χ1v) is 6.11. The number of nitrogens with two attached hydrogens (primary N) is 1. The van der Waals surface area contributed by atoms with E-state index in [0.29, 0.717) is 22.3 Å². The molecule has 0 bridgehead atoms. The molecule has 0 aliphatic rings. The Hall–Kier alpha value is -2.15. The van der Waals surface area contributed by atoms with Gasteiger partial charge in [0.1, 0.15) is 23.9 Å². The summed E-state index contributed by atoms with van der Waals surface area (Å²) in [5.74, 6) is 0.326. The third kappa shape index (κ3) is 4.71. The SMILES string of the molecule is Nc1ccc(Cl)c(COc2ccc(OC(F)(F)F)cc2)n1. The molecule has 0 fully saturated rings. The Balaban J connectivity index is 1.99. The number of benzene rings is 1. The van der Waals surface area contributed by atoms with Crippen LogP contribution in [0.5, 0.6) is 11.5 Å². The van der Waals surface area contributed by atoms with E-state index in [-0.39, 0.29) is 12.4 Å². The van der Waals surface area contributed by atoms with Crippen molar-refractivity contribution in [2.24, 2.45) is 0 Å². The zero-order valence-electron chi connectivity index (χ0n) is 10.5. The second-order valence-electron chi connectivity index (χ2n) is 3.97. The van der Waals surface area contributed by atoms with Crippen LogP contribution in [0.1, 0.15) is 5.69 Å². The normalized spacial score (nSPS) is 11.2. The lowest BCUT2D eigenvalue weighted by molar-refractivity contribution is -0.274. The smallest absolute Gasteiger partial charge is 0.487 e. The van der Waals surface area contributed by atoms with Gasteiger partial charge in [-0.2, -0.15) is 0 Å². The van der Waals surface area contributed by atoms with Gasteiger partial charge < -0.3 is 15.2 Å². The summed E-state index contributed by atoms with van der Waals surface area (Å²) < 4.78 is 45.1. The topological polar surface area (TPSA) is 57.4 Å². The molecule has 0 aliphatic heterocycles. The molecule has 2 rings (SSSR count). The molecule has 0 aliphatic carbocycles. The van der Waals surface area contributed by atoms with E-state index in [0.717, 1.165) is 12.1 Å². The van der Waals surface area contributed by atoms with E-state index >= 15 is 0 Å². The Labute approximate surface area is 123 Å². The fourth-order valence-electron chi connectivity index (χ4n) is 1.49. The molecule has 0 saturated heterocycles. The van der Waals surface area contributed by atoms with Crippen LogP contribution in [0.2, 0.25) is 5.02 Å². The van der Waals surface area contributed by atoms with Gasteiger partial charge in [0.2, 0.25) is 0 Å². The number of rotatable bonds is 4. The quantitative estimate of drug-likeness (QED) is 0.931. The van der Waals surface area contributed by atoms with Crippen LogP contribution in [-0.4, -0.2) is 11.3 Å². The number of pyridine rings is 1. The van der Waals surface area contributed by atoms with Crippen molar-refractivity contribution < 1.29 is 22.6 Å². The minimum absolute atomic E-state index is 0.0450. The highest BCUT2D eigenvalue weighted by atomic mass is 35.5. The molecule has 2 N–H and O–H groups in total.